The van der Waals surface area contributed by atoms with E-state index in [1.54, 1.807) is 0 Å². The van der Waals surface area contributed by atoms with Crippen LogP contribution in [0.25, 0.3) is 10.9 Å². The quantitative estimate of drug-likeness (QED) is 0.720. The summed E-state index contributed by atoms with van der Waals surface area (Å²) in [7, 11) is -1.09. The number of hydrogen-bond donors (Lipinski definition) is 0. The maximum atomic E-state index is 12.9. The smallest absolute Gasteiger partial charge is 0.227 e. The number of piperidine rings is 1. The summed E-state index contributed by atoms with van der Waals surface area (Å²) in [5, 5.41) is 1.11. The fraction of sp³-hybridized carbons (Fsp3) is 0.545. The molecule has 1 aromatic heterocycles. The van der Waals surface area contributed by atoms with Gasteiger partial charge in [0.25, 0.3) is 0 Å². The average molecular weight is 432 g/mol. The van der Waals surface area contributed by atoms with Crippen molar-refractivity contribution in [3.8, 4) is 0 Å². The second-order valence-electron chi connectivity index (χ2n) is 8.78. The lowest BCUT2D eigenvalue weighted by atomic mass is 10.0. The van der Waals surface area contributed by atoms with E-state index in [2.05, 4.69) is 16.7 Å². The van der Waals surface area contributed by atoms with Gasteiger partial charge in [0.05, 0.1) is 12.2 Å². The van der Waals surface area contributed by atoms with Gasteiger partial charge in [-0.15, -0.1) is 0 Å². The molecular formula is C22H29N3O4S. The van der Waals surface area contributed by atoms with Crippen LogP contribution in [0.15, 0.2) is 30.5 Å². The van der Waals surface area contributed by atoms with Crippen molar-refractivity contribution in [3.63, 3.8) is 0 Å². The Balaban J connectivity index is 1.34. The van der Waals surface area contributed by atoms with Gasteiger partial charge >= 0.3 is 0 Å². The SMILES string of the molecule is Cn1cc(CC(=O)N2CCC(N3CC(CS(C)(=O)=O)CC3=O)CC2)c2ccccc21. The van der Waals surface area contributed by atoms with Crippen molar-refractivity contribution in [2.75, 3.05) is 31.6 Å². The molecule has 30 heavy (non-hydrogen) atoms. The Morgan fingerprint density at radius 3 is 2.57 bits per heavy atom. The summed E-state index contributed by atoms with van der Waals surface area (Å²) in [5.41, 5.74) is 2.16. The minimum atomic E-state index is -3.08. The lowest BCUT2D eigenvalue weighted by Crippen LogP contribution is -2.47. The fourth-order valence-corrected chi connectivity index (χ4v) is 6.05. The number of sulfone groups is 1. The maximum Gasteiger partial charge on any atom is 0.227 e. The molecule has 0 saturated carbocycles. The van der Waals surface area contributed by atoms with Crippen LogP contribution in [0.2, 0.25) is 0 Å². The number of carbonyl (C=O) groups excluding carboxylic acids is 2. The zero-order chi connectivity index (χ0) is 21.5. The van der Waals surface area contributed by atoms with Crippen LogP contribution in [-0.4, -0.2) is 72.3 Å². The molecule has 2 aliphatic heterocycles. The summed E-state index contributed by atoms with van der Waals surface area (Å²) in [6.07, 6.45) is 5.44. The first-order valence-electron chi connectivity index (χ1n) is 10.5. The highest BCUT2D eigenvalue weighted by Gasteiger charge is 2.37. The minimum Gasteiger partial charge on any atom is -0.350 e. The van der Waals surface area contributed by atoms with Crippen LogP contribution in [0.5, 0.6) is 0 Å². The number of benzene rings is 1. The fourth-order valence-electron chi connectivity index (χ4n) is 4.97. The highest BCUT2D eigenvalue weighted by Crippen LogP contribution is 2.27. The molecule has 2 saturated heterocycles. The number of nitrogens with zero attached hydrogens (tertiary/aromatic N) is 3. The molecule has 8 heteroatoms. The number of hydrogen-bond acceptors (Lipinski definition) is 4. The molecule has 2 fully saturated rings. The van der Waals surface area contributed by atoms with Gasteiger partial charge in [-0.2, -0.15) is 0 Å². The molecule has 1 atom stereocenters. The third-order valence-corrected chi connectivity index (χ3v) is 7.43. The lowest BCUT2D eigenvalue weighted by molar-refractivity contribution is -0.134. The van der Waals surface area contributed by atoms with Crippen molar-refractivity contribution in [1.82, 2.24) is 14.4 Å². The van der Waals surface area contributed by atoms with E-state index >= 15 is 0 Å². The van der Waals surface area contributed by atoms with Gasteiger partial charge in [-0.05, 0) is 30.4 Å². The predicted molar refractivity (Wildman–Crippen MR) is 116 cm³/mol. The number of aromatic nitrogens is 1. The van der Waals surface area contributed by atoms with Gasteiger partial charge in [-0.25, -0.2) is 8.42 Å². The van der Waals surface area contributed by atoms with Gasteiger partial charge in [0.2, 0.25) is 11.8 Å². The summed E-state index contributed by atoms with van der Waals surface area (Å²) in [5.74, 6) is 0.118. The zero-order valence-corrected chi connectivity index (χ0v) is 18.4. The highest BCUT2D eigenvalue weighted by molar-refractivity contribution is 7.90. The van der Waals surface area contributed by atoms with Crippen LogP contribution < -0.4 is 0 Å². The Labute approximate surface area is 177 Å². The van der Waals surface area contributed by atoms with E-state index < -0.39 is 9.84 Å². The number of likely N-dealkylation sites (tertiary alicyclic amines) is 2. The Bertz CT molecular complexity index is 1070. The molecule has 2 aliphatic rings. The van der Waals surface area contributed by atoms with Gasteiger partial charge in [-0.3, -0.25) is 9.59 Å². The molecule has 7 nitrogen and oxygen atoms in total. The summed E-state index contributed by atoms with van der Waals surface area (Å²) in [6.45, 7) is 1.78. The van der Waals surface area contributed by atoms with Crippen molar-refractivity contribution >= 4 is 32.6 Å². The number of aryl methyl sites for hydroxylation is 1. The topological polar surface area (TPSA) is 79.7 Å². The predicted octanol–water partition coefficient (Wildman–Crippen LogP) is 1.60. The Hall–Kier alpha value is -2.35. The van der Waals surface area contributed by atoms with E-state index in [0.29, 0.717) is 32.5 Å². The maximum absolute atomic E-state index is 12.9. The number of para-hydroxylation sites is 1. The molecule has 0 spiro atoms. The van der Waals surface area contributed by atoms with Gasteiger partial charge in [0.15, 0.2) is 0 Å². The Kier molecular flexibility index (Phi) is 5.61. The molecule has 2 aromatic rings. The third kappa shape index (κ3) is 4.38. The van der Waals surface area contributed by atoms with Crippen LogP contribution in [0, 0.1) is 5.92 Å². The molecule has 162 valence electrons. The zero-order valence-electron chi connectivity index (χ0n) is 17.6. The van der Waals surface area contributed by atoms with E-state index in [1.165, 1.54) is 6.26 Å². The van der Waals surface area contributed by atoms with E-state index in [-0.39, 0.29) is 29.5 Å². The highest BCUT2D eigenvalue weighted by atomic mass is 32.2. The molecule has 3 heterocycles. The monoisotopic (exact) mass is 431 g/mol. The Morgan fingerprint density at radius 2 is 1.87 bits per heavy atom. The lowest BCUT2D eigenvalue weighted by Gasteiger charge is -2.37. The van der Waals surface area contributed by atoms with Crippen LogP contribution in [0.4, 0.5) is 0 Å². The molecule has 2 amide bonds. The summed E-state index contributed by atoms with van der Waals surface area (Å²) >= 11 is 0. The second-order valence-corrected chi connectivity index (χ2v) is 11.0. The van der Waals surface area contributed by atoms with Crippen LogP contribution in [-0.2, 0) is 32.9 Å². The van der Waals surface area contributed by atoms with Crippen molar-refractivity contribution in [1.29, 1.82) is 0 Å². The first-order chi connectivity index (χ1) is 14.2. The average Bonchev–Trinajstić information content (AvgIpc) is 3.20. The normalized spacial score (nSPS) is 21.0. The van der Waals surface area contributed by atoms with Gasteiger partial charge < -0.3 is 14.4 Å². The number of rotatable bonds is 5. The Morgan fingerprint density at radius 1 is 1.17 bits per heavy atom. The molecule has 0 bridgehead atoms. The first kappa shape index (κ1) is 20.9. The summed E-state index contributed by atoms with van der Waals surface area (Å²) < 4.78 is 25.2. The minimum absolute atomic E-state index is 0.0455. The first-order valence-corrected chi connectivity index (χ1v) is 12.6. The van der Waals surface area contributed by atoms with E-state index in [1.807, 2.05) is 35.2 Å². The summed E-state index contributed by atoms with van der Waals surface area (Å²) in [4.78, 5) is 29.0. The molecular weight excluding hydrogens is 402 g/mol. The van der Waals surface area contributed by atoms with Crippen molar-refractivity contribution in [2.45, 2.75) is 31.7 Å². The van der Waals surface area contributed by atoms with Crippen LogP contribution >= 0.6 is 0 Å². The van der Waals surface area contributed by atoms with Crippen LogP contribution in [0.1, 0.15) is 24.8 Å². The van der Waals surface area contributed by atoms with E-state index in [9.17, 15) is 18.0 Å². The molecule has 0 radical (unpaired) electrons. The largest absolute Gasteiger partial charge is 0.350 e. The van der Waals surface area contributed by atoms with Gasteiger partial charge in [-0.1, -0.05) is 18.2 Å². The molecule has 1 aromatic carbocycles. The molecule has 0 N–H and O–H groups in total. The molecule has 1 unspecified atom stereocenters. The van der Waals surface area contributed by atoms with E-state index in [0.717, 1.165) is 29.3 Å². The standard InChI is InChI=1S/C22H29N3O4S/c1-23-14-17(19-5-3-4-6-20(19)23)12-21(26)24-9-7-18(8-10-24)25-13-16(11-22(25)27)15-30(2,28)29/h3-6,14,16,18H,7-13,15H2,1-2H3. The van der Waals surface area contributed by atoms with E-state index in [4.69, 9.17) is 0 Å². The van der Waals surface area contributed by atoms with Gasteiger partial charge in [0.1, 0.15) is 9.84 Å². The number of fused-ring (bicyclic) bond motifs is 1. The number of carbonyl (C=O) groups is 2. The van der Waals surface area contributed by atoms with Gasteiger partial charge in [0, 0.05) is 62.5 Å². The van der Waals surface area contributed by atoms with Crippen molar-refractivity contribution < 1.29 is 18.0 Å². The second kappa shape index (κ2) is 8.06. The number of amides is 2. The molecule has 0 aliphatic carbocycles. The third-order valence-electron chi connectivity index (χ3n) is 6.36. The molecule has 4 rings (SSSR count). The summed E-state index contributed by atoms with van der Waals surface area (Å²) in [6, 6.07) is 8.20. The van der Waals surface area contributed by atoms with Crippen molar-refractivity contribution in [3.05, 3.63) is 36.0 Å². The van der Waals surface area contributed by atoms with Crippen LogP contribution in [0.3, 0.4) is 0 Å². The van der Waals surface area contributed by atoms with Crippen molar-refractivity contribution in [2.24, 2.45) is 13.0 Å².